The van der Waals surface area contributed by atoms with E-state index in [1.54, 1.807) is 0 Å². The van der Waals surface area contributed by atoms with Crippen molar-refractivity contribution in [3.8, 4) is 0 Å². The summed E-state index contributed by atoms with van der Waals surface area (Å²) in [6.07, 6.45) is 0. The van der Waals surface area contributed by atoms with Gasteiger partial charge in [0.1, 0.15) is 0 Å². The van der Waals surface area contributed by atoms with E-state index in [1.165, 1.54) is 0 Å². The van der Waals surface area contributed by atoms with Crippen molar-refractivity contribution >= 4 is 23.2 Å². The summed E-state index contributed by atoms with van der Waals surface area (Å²) in [4.78, 5) is 24.1. The molecule has 0 atom stereocenters. The molecule has 8 nitrogen and oxygen atoms in total. The molecular formula is C18H36Cl2N6O2. The summed E-state index contributed by atoms with van der Waals surface area (Å²) in [5.74, 6) is -0.253. The Morgan fingerprint density at radius 3 is 1.18 bits per heavy atom. The second-order valence-corrected chi connectivity index (χ2v) is 10.1. The molecule has 28 heavy (non-hydrogen) atoms. The van der Waals surface area contributed by atoms with Gasteiger partial charge < -0.3 is 33.8 Å². The van der Waals surface area contributed by atoms with Gasteiger partial charge in [0.25, 0.3) is 11.8 Å². The van der Waals surface area contributed by atoms with E-state index in [0.717, 1.165) is 11.4 Å². The molecule has 0 heterocycles. The summed E-state index contributed by atoms with van der Waals surface area (Å²) in [7, 11) is 11.7. The van der Waals surface area contributed by atoms with Crippen LogP contribution in [0.3, 0.4) is 0 Å². The summed E-state index contributed by atoms with van der Waals surface area (Å²) < 4.78 is 1.07. The number of carbonyl (C=O) groups is 2. The molecule has 0 radical (unpaired) electrons. The van der Waals surface area contributed by atoms with Crippen molar-refractivity contribution < 1.29 is 43.4 Å². The highest BCUT2D eigenvalue weighted by Gasteiger charge is 2.57. The Balaban J connectivity index is 0. The fourth-order valence-electron chi connectivity index (χ4n) is 3.45. The number of halogens is 2. The van der Waals surface area contributed by atoms with Crippen LogP contribution in [-0.4, -0.2) is 87.6 Å². The molecule has 0 spiro atoms. The minimum atomic E-state index is -0.419. The Labute approximate surface area is 181 Å². The van der Waals surface area contributed by atoms with Crippen molar-refractivity contribution in [2.24, 2.45) is 21.0 Å². The number of nitrogens with zero attached hydrogens (tertiary/aromatic N) is 4. The first-order chi connectivity index (χ1) is 11.5. The Kier molecular flexibility index (Phi) is 9.85. The van der Waals surface area contributed by atoms with Gasteiger partial charge in [-0.15, -0.1) is 0 Å². The topological polar surface area (TPSA) is 82.9 Å². The van der Waals surface area contributed by atoms with Gasteiger partial charge in [-0.05, 0) is 27.7 Å². The van der Waals surface area contributed by atoms with E-state index >= 15 is 0 Å². The van der Waals surface area contributed by atoms with Crippen LogP contribution >= 0.6 is 0 Å². The zero-order valence-corrected chi connectivity index (χ0v) is 20.3. The Hall–Kier alpha value is -1.22. The van der Waals surface area contributed by atoms with Crippen LogP contribution < -0.4 is 35.7 Å². The van der Waals surface area contributed by atoms with Crippen molar-refractivity contribution in [2.45, 2.75) is 27.7 Å². The van der Waals surface area contributed by atoms with Crippen molar-refractivity contribution in [2.75, 3.05) is 55.4 Å². The van der Waals surface area contributed by atoms with Gasteiger partial charge in [0.05, 0.1) is 53.7 Å². The molecule has 0 bridgehead atoms. The summed E-state index contributed by atoms with van der Waals surface area (Å²) >= 11 is 0. The van der Waals surface area contributed by atoms with Crippen LogP contribution in [0.4, 0.5) is 0 Å². The van der Waals surface area contributed by atoms with Crippen LogP contribution in [0.2, 0.25) is 0 Å². The summed E-state index contributed by atoms with van der Waals surface area (Å²) in [5, 5.41) is 8.73. The molecule has 0 aromatic heterocycles. The van der Waals surface area contributed by atoms with Gasteiger partial charge in [-0.25, -0.2) is 10.9 Å². The maximum atomic E-state index is 12.0. The molecule has 10 heteroatoms. The van der Waals surface area contributed by atoms with Crippen molar-refractivity contribution in [1.82, 2.24) is 10.9 Å². The Morgan fingerprint density at radius 1 is 0.714 bits per heavy atom. The van der Waals surface area contributed by atoms with E-state index in [0.29, 0.717) is 22.1 Å². The van der Waals surface area contributed by atoms with E-state index in [1.807, 2.05) is 70.0 Å². The molecule has 164 valence electrons. The van der Waals surface area contributed by atoms with Gasteiger partial charge in [0.15, 0.2) is 13.1 Å². The van der Waals surface area contributed by atoms with Crippen molar-refractivity contribution in [3.63, 3.8) is 0 Å². The van der Waals surface area contributed by atoms with Crippen LogP contribution in [0.25, 0.3) is 0 Å². The van der Waals surface area contributed by atoms with E-state index in [9.17, 15) is 9.59 Å². The third-order valence-corrected chi connectivity index (χ3v) is 4.19. The lowest BCUT2D eigenvalue weighted by atomic mass is 9.52. The summed E-state index contributed by atoms with van der Waals surface area (Å²) in [6.45, 7) is 8.67. The maximum Gasteiger partial charge on any atom is 0.295 e. The first-order valence-electron chi connectivity index (χ1n) is 8.83. The van der Waals surface area contributed by atoms with E-state index in [2.05, 4.69) is 21.1 Å². The molecule has 1 aliphatic carbocycles. The lowest BCUT2D eigenvalue weighted by molar-refractivity contribution is -0.862. The largest absolute Gasteiger partial charge is 1.00 e. The standard InChI is InChI=1S/C18H34N6O2.2ClH/c1-17(2)15(21-19-13(25)11-23(5,6)7)18(3,4)16(17)22-20-14(26)12-24(8,9)10;;/h11-12H2,1-10H3;2*1H. The van der Waals surface area contributed by atoms with Crippen LogP contribution in [0.5, 0.6) is 0 Å². The van der Waals surface area contributed by atoms with Gasteiger partial charge in [0, 0.05) is 10.8 Å². The second-order valence-electron chi connectivity index (χ2n) is 10.1. The first-order valence-corrected chi connectivity index (χ1v) is 8.83. The fraction of sp³-hybridized carbons (Fsp3) is 0.778. The van der Waals surface area contributed by atoms with Crippen LogP contribution in [0, 0.1) is 10.8 Å². The van der Waals surface area contributed by atoms with Gasteiger partial charge >= 0.3 is 0 Å². The molecule has 0 aromatic carbocycles. The predicted octanol–water partition coefficient (Wildman–Crippen LogP) is -5.58. The van der Waals surface area contributed by atoms with Gasteiger partial charge in [-0.2, -0.15) is 10.2 Å². The average Bonchev–Trinajstić information content (AvgIpc) is 2.32. The Bertz CT molecular complexity index is 571. The molecule has 1 aliphatic rings. The van der Waals surface area contributed by atoms with Gasteiger partial charge in [-0.3, -0.25) is 9.59 Å². The molecule has 2 amide bonds. The maximum absolute atomic E-state index is 12.0. The number of hydrazone groups is 2. The molecule has 0 aliphatic heterocycles. The highest BCUT2D eigenvalue weighted by atomic mass is 35.5. The lowest BCUT2D eigenvalue weighted by Crippen LogP contribution is -3.00. The van der Waals surface area contributed by atoms with Gasteiger partial charge in [0.2, 0.25) is 0 Å². The number of nitrogens with one attached hydrogen (secondary N) is 2. The summed E-state index contributed by atoms with van der Waals surface area (Å²) in [5.41, 5.74) is 6.17. The minimum Gasteiger partial charge on any atom is -1.00 e. The number of rotatable bonds is 6. The van der Waals surface area contributed by atoms with Crippen molar-refractivity contribution in [1.29, 1.82) is 0 Å². The first kappa shape index (κ1) is 29.0. The number of quaternary nitrogens is 2. The second kappa shape index (κ2) is 9.52. The zero-order valence-electron chi connectivity index (χ0n) is 18.8. The Morgan fingerprint density at radius 2 is 0.964 bits per heavy atom. The third-order valence-electron chi connectivity index (χ3n) is 4.19. The van der Waals surface area contributed by atoms with Crippen LogP contribution in [0.1, 0.15) is 27.7 Å². The summed E-state index contributed by atoms with van der Waals surface area (Å²) in [6, 6.07) is 0. The van der Waals surface area contributed by atoms with Gasteiger partial charge in [-0.1, -0.05) is 0 Å². The smallest absolute Gasteiger partial charge is 0.295 e. The molecular weight excluding hydrogens is 403 g/mol. The number of likely N-dealkylation sites (N-methyl/N-ethyl adjacent to an activating group) is 2. The minimum absolute atomic E-state index is 0. The molecule has 1 rings (SSSR count). The predicted molar refractivity (Wildman–Crippen MR) is 105 cm³/mol. The average molecular weight is 439 g/mol. The van der Waals surface area contributed by atoms with E-state index < -0.39 is 10.8 Å². The molecule has 0 unspecified atom stereocenters. The lowest BCUT2D eigenvalue weighted by Gasteiger charge is -2.51. The molecule has 1 saturated carbocycles. The number of carbonyl (C=O) groups excluding carboxylic acids is 2. The SMILES string of the molecule is CC1(C)C(=NNC(=O)C[N+](C)(C)C)C(C)(C)C1=NNC(=O)C[N+](C)(C)C.[Cl-].[Cl-]. The van der Waals surface area contributed by atoms with Crippen LogP contribution in [-0.2, 0) is 9.59 Å². The zero-order chi connectivity index (χ0) is 20.6. The normalized spacial score (nSPS) is 17.4. The molecule has 2 N–H and O–H groups in total. The number of amides is 2. The highest BCUT2D eigenvalue weighted by molar-refractivity contribution is 6.34. The number of hydrogen-bond donors (Lipinski definition) is 2. The van der Waals surface area contributed by atoms with Crippen molar-refractivity contribution in [3.05, 3.63) is 0 Å². The molecule has 0 saturated heterocycles. The fourth-order valence-corrected chi connectivity index (χ4v) is 3.45. The number of hydrogen-bond acceptors (Lipinski definition) is 4. The molecule has 1 fully saturated rings. The van der Waals surface area contributed by atoms with E-state index in [4.69, 9.17) is 0 Å². The van der Waals surface area contributed by atoms with Crippen LogP contribution in [0.15, 0.2) is 10.2 Å². The highest BCUT2D eigenvalue weighted by Crippen LogP contribution is 2.48. The van der Waals surface area contributed by atoms with E-state index in [-0.39, 0.29) is 36.6 Å². The third kappa shape index (κ3) is 7.66. The monoisotopic (exact) mass is 438 g/mol. The quantitative estimate of drug-likeness (QED) is 0.320. The molecule has 0 aromatic rings.